The minimum Gasteiger partial charge on any atom is -0.482 e. The zero-order valence-corrected chi connectivity index (χ0v) is 25.9. The van der Waals surface area contributed by atoms with Crippen molar-refractivity contribution in [1.29, 1.82) is 0 Å². The molecule has 0 aliphatic carbocycles. The van der Waals surface area contributed by atoms with Crippen LogP contribution in [-0.4, -0.2) is 104 Å². The van der Waals surface area contributed by atoms with E-state index < -0.39 is 11.9 Å². The Hall–Kier alpha value is -1.87. The molecular weight excluding hydrogens is 580 g/mol. The summed E-state index contributed by atoms with van der Waals surface area (Å²) < 4.78 is 23.2. The fraction of sp³-hybridized carbons (Fsp3) is 0.182. The number of aromatic nitrogens is 7. The second-order valence-corrected chi connectivity index (χ2v) is 7.97. The molecule has 1 radical (unpaired) electrons. The van der Waals surface area contributed by atoms with E-state index >= 15 is 4.39 Å². The van der Waals surface area contributed by atoms with Crippen LogP contribution in [0.1, 0.15) is 24.5 Å². The van der Waals surface area contributed by atoms with Crippen molar-refractivity contribution in [1.82, 2.24) is 34.7 Å². The van der Waals surface area contributed by atoms with Crippen LogP contribution in [0.5, 0.6) is 5.75 Å². The Morgan fingerprint density at radius 2 is 1.91 bits per heavy atom. The van der Waals surface area contributed by atoms with Crippen molar-refractivity contribution in [2.24, 2.45) is 7.05 Å². The molecule has 0 unspecified atom stereocenters. The van der Waals surface area contributed by atoms with E-state index in [1.807, 2.05) is 14.0 Å². The summed E-state index contributed by atoms with van der Waals surface area (Å²) in [6.07, 6.45) is 5.31. The summed E-state index contributed by atoms with van der Waals surface area (Å²) in [6, 6.07) is 2.86. The zero-order chi connectivity index (χ0) is 23.3. The van der Waals surface area contributed by atoms with Gasteiger partial charge in [0.25, 0.3) is 0 Å². The van der Waals surface area contributed by atoms with Crippen molar-refractivity contribution in [2.45, 2.75) is 20.0 Å². The maximum absolute atomic E-state index is 15.4. The van der Waals surface area contributed by atoms with Crippen molar-refractivity contribution >= 4 is 108 Å². The van der Waals surface area contributed by atoms with E-state index in [0.717, 1.165) is 16.7 Å². The largest absolute Gasteiger partial charge is 0.482 e. The summed E-state index contributed by atoms with van der Waals surface area (Å²) in [5.74, 6) is 0.188. The number of fused-ring (bicyclic) bond motifs is 2. The number of nitrogens with two attached hydrogens (primary N) is 1. The number of hydrogen-bond donors (Lipinski definition) is 1. The molecular formula is C22H18ClCsFN8O. The number of ether oxygens (including phenoxy) is 1. The van der Waals surface area contributed by atoms with Crippen molar-refractivity contribution < 1.29 is 9.13 Å². The second-order valence-electron chi connectivity index (χ2n) is 7.54. The summed E-state index contributed by atoms with van der Waals surface area (Å²) in [5, 5.41) is 5.10. The van der Waals surface area contributed by atoms with Gasteiger partial charge in [0.1, 0.15) is 34.7 Å². The second kappa shape index (κ2) is 10.0. The van der Waals surface area contributed by atoms with E-state index in [2.05, 4.69) is 30.0 Å². The van der Waals surface area contributed by atoms with Crippen LogP contribution in [0.2, 0.25) is 5.02 Å². The summed E-state index contributed by atoms with van der Waals surface area (Å²) in [4.78, 5) is 21.4. The van der Waals surface area contributed by atoms with E-state index in [1.54, 1.807) is 23.9 Å². The molecule has 0 saturated carbocycles. The maximum atomic E-state index is 15.4. The standard InChI is InChI=1S/C22H18ClFN8O.Cs/c1-10-19-15(32(3)31-10)8-27-22(30-19)11(2)33-16-5-14(24)17(12-4-13(23)7-26-6-12)20-18(16)21(25)29-9-28-20;/h4-9,11H,1-3H3,(H2,25,28,29);/t11-;/m0./s1. The van der Waals surface area contributed by atoms with Gasteiger partial charge in [-0.05, 0) is 19.9 Å². The molecule has 167 valence electrons. The van der Waals surface area contributed by atoms with Crippen LogP contribution in [0, 0.1) is 12.7 Å². The topological polar surface area (TPSA) is 118 Å². The van der Waals surface area contributed by atoms with Gasteiger partial charge < -0.3 is 10.5 Å². The minimum atomic E-state index is -0.616. The van der Waals surface area contributed by atoms with Crippen molar-refractivity contribution in [3.05, 3.63) is 59.4 Å². The first-order chi connectivity index (χ1) is 15.8. The first kappa shape index (κ1) is 25.2. The van der Waals surface area contributed by atoms with E-state index in [9.17, 15) is 0 Å². The number of nitrogens with zero attached hydrogens (tertiary/aromatic N) is 7. The number of hydrogen-bond acceptors (Lipinski definition) is 8. The summed E-state index contributed by atoms with van der Waals surface area (Å²) in [7, 11) is 1.83. The van der Waals surface area contributed by atoms with E-state index in [1.165, 1.54) is 24.8 Å². The van der Waals surface area contributed by atoms with Gasteiger partial charge in [0.2, 0.25) is 0 Å². The Labute approximate surface area is 257 Å². The first-order valence-electron chi connectivity index (χ1n) is 10.00. The molecule has 0 aliphatic rings. The molecule has 0 aliphatic heterocycles. The molecule has 9 nitrogen and oxygen atoms in total. The molecule has 4 heterocycles. The van der Waals surface area contributed by atoms with Gasteiger partial charge in [0, 0.05) is 106 Å². The number of rotatable bonds is 4. The number of benzene rings is 1. The molecule has 0 saturated heterocycles. The van der Waals surface area contributed by atoms with Crippen LogP contribution >= 0.6 is 11.6 Å². The third-order valence-electron chi connectivity index (χ3n) is 5.30. The average Bonchev–Trinajstić information content (AvgIpc) is 3.06. The van der Waals surface area contributed by atoms with Crippen LogP contribution in [0.25, 0.3) is 33.1 Å². The van der Waals surface area contributed by atoms with Crippen LogP contribution in [0.4, 0.5) is 10.2 Å². The first-order valence-corrected chi connectivity index (χ1v) is 10.4. The molecule has 12 heteroatoms. The van der Waals surface area contributed by atoms with Crippen molar-refractivity contribution in [2.75, 3.05) is 5.73 Å². The van der Waals surface area contributed by atoms with Gasteiger partial charge in [-0.15, -0.1) is 0 Å². The van der Waals surface area contributed by atoms with E-state index in [0.29, 0.717) is 21.8 Å². The molecule has 5 rings (SSSR count). The molecule has 1 aromatic carbocycles. The quantitative estimate of drug-likeness (QED) is 0.332. The smallest absolute Gasteiger partial charge is 0.169 e. The Morgan fingerprint density at radius 3 is 2.68 bits per heavy atom. The average molecular weight is 598 g/mol. The SMILES string of the molecule is Cc1nn(C)c2cnc([C@H](C)Oc3cc(F)c(-c4cncc(Cl)c4)c4ncnc(N)c34)nc12.[Cs]. The monoisotopic (exact) mass is 597 g/mol. The van der Waals surface area contributed by atoms with Crippen LogP contribution in [0.3, 0.4) is 0 Å². The summed E-state index contributed by atoms with van der Waals surface area (Å²) in [5.41, 5.74) is 9.41. The number of aryl methyl sites for hydroxylation is 2. The van der Waals surface area contributed by atoms with Crippen LogP contribution in [-0.2, 0) is 7.05 Å². The molecule has 1 atom stereocenters. The van der Waals surface area contributed by atoms with Gasteiger partial charge in [-0.2, -0.15) is 5.10 Å². The van der Waals surface area contributed by atoms with Gasteiger partial charge in [-0.25, -0.2) is 24.3 Å². The van der Waals surface area contributed by atoms with Gasteiger partial charge in [0.15, 0.2) is 11.9 Å². The zero-order valence-electron chi connectivity index (χ0n) is 18.9. The molecule has 0 bridgehead atoms. The maximum Gasteiger partial charge on any atom is 0.169 e. The fourth-order valence-electron chi connectivity index (χ4n) is 3.78. The Morgan fingerprint density at radius 1 is 1.12 bits per heavy atom. The van der Waals surface area contributed by atoms with Crippen molar-refractivity contribution in [3.63, 3.8) is 0 Å². The van der Waals surface area contributed by atoms with Gasteiger partial charge in [-0.1, -0.05) is 11.6 Å². The number of pyridine rings is 1. The number of nitrogen functional groups attached to an aromatic ring is 1. The predicted octanol–water partition coefficient (Wildman–Crippen LogP) is 3.81. The predicted molar refractivity (Wildman–Crippen MR) is 128 cm³/mol. The van der Waals surface area contributed by atoms with Gasteiger partial charge >= 0.3 is 0 Å². The summed E-state index contributed by atoms with van der Waals surface area (Å²) >= 11 is 6.06. The van der Waals surface area contributed by atoms with Crippen LogP contribution in [0.15, 0.2) is 37.1 Å². The molecule has 0 fully saturated rings. The van der Waals surface area contributed by atoms with Gasteiger partial charge in [-0.3, -0.25) is 9.67 Å². The minimum absolute atomic E-state index is 0. The third-order valence-corrected chi connectivity index (χ3v) is 5.50. The fourth-order valence-corrected chi connectivity index (χ4v) is 3.95. The normalized spacial score (nSPS) is 12.0. The number of anilines is 1. The Bertz CT molecular complexity index is 1540. The Kier molecular flexibility index (Phi) is 7.43. The van der Waals surface area contributed by atoms with E-state index in [-0.39, 0.29) is 91.5 Å². The van der Waals surface area contributed by atoms with Gasteiger partial charge in [0.05, 0.1) is 27.8 Å². The third kappa shape index (κ3) is 4.53. The molecule has 2 N–H and O–H groups in total. The number of halogens is 2. The molecule has 34 heavy (non-hydrogen) atoms. The summed E-state index contributed by atoms with van der Waals surface area (Å²) in [6.45, 7) is 3.64. The van der Waals surface area contributed by atoms with E-state index in [4.69, 9.17) is 22.1 Å². The molecule has 5 aromatic rings. The van der Waals surface area contributed by atoms with Crippen molar-refractivity contribution in [3.8, 4) is 16.9 Å². The molecule has 0 spiro atoms. The molecule has 4 aromatic heterocycles. The van der Waals surface area contributed by atoms with Crippen LogP contribution < -0.4 is 10.5 Å². The Balaban J connectivity index is 0.00000274. The molecule has 0 amide bonds.